The summed E-state index contributed by atoms with van der Waals surface area (Å²) < 4.78 is 2.60. The van der Waals surface area contributed by atoms with Crippen LogP contribution < -0.4 is 11.2 Å². The fourth-order valence-electron chi connectivity index (χ4n) is 3.45. The number of amides is 1. The molecule has 0 unspecified atom stereocenters. The first kappa shape index (κ1) is 23.7. The van der Waals surface area contributed by atoms with Crippen LogP contribution in [0.3, 0.4) is 0 Å². The molecule has 3 rings (SSSR count). The summed E-state index contributed by atoms with van der Waals surface area (Å²) >= 11 is 1.20. The van der Waals surface area contributed by atoms with Crippen molar-refractivity contribution in [2.45, 2.75) is 45.8 Å². The zero-order valence-electron chi connectivity index (χ0n) is 19.4. The number of benzene rings is 1. The second-order valence-corrected chi connectivity index (χ2v) is 9.35. The number of nitrogens with zero attached hydrogens (tertiary/aromatic N) is 5. The van der Waals surface area contributed by atoms with Crippen molar-refractivity contribution in [3.63, 3.8) is 0 Å². The number of fused-ring (bicyclic) bond motifs is 1. The monoisotopic (exact) mass is 455 g/mol. The Morgan fingerprint density at radius 1 is 1.16 bits per heavy atom. The average molecular weight is 456 g/mol. The highest BCUT2D eigenvalue weighted by molar-refractivity contribution is 8.00. The maximum absolute atomic E-state index is 12.9. The van der Waals surface area contributed by atoms with Gasteiger partial charge >= 0.3 is 5.69 Å². The van der Waals surface area contributed by atoms with E-state index >= 15 is 0 Å². The van der Waals surface area contributed by atoms with Gasteiger partial charge in [0.05, 0.1) is 5.75 Å². The molecular formula is C23H29N5O3S. The van der Waals surface area contributed by atoms with E-state index in [4.69, 9.17) is 0 Å². The molecular weight excluding hydrogens is 426 g/mol. The normalized spacial score (nSPS) is 11.3. The molecule has 3 aromatic rings. The maximum Gasteiger partial charge on any atom is 0.332 e. The molecule has 9 heteroatoms. The van der Waals surface area contributed by atoms with Crippen molar-refractivity contribution in [1.29, 1.82) is 0 Å². The van der Waals surface area contributed by atoms with Crippen LogP contribution in [-0.4, -0.2) is 42.7 Å². The molecule has 32 heavy (non-hydrogen) atoms. The Morgan fingerprint density at radius 3 is 2.50 bits per heavy atom. The van der Waals surface area contributed by atoms with Crippen molar-refractivity contribution < 1.29 is 4.79 Å². The SMILES string of the molecule is Cc1nc(SCC(=O)N(C)Cc2ccccc2C)c2c(=O)n(C)c(=O)n(CC(C)C)c2n1. The van der Waals surface area contributed by atoms with Crippen LogP contribution in [0.25, 0.3) is 11.0 Å². The Kier molecular flexibility index (Phi) is 7.18. The lowest BCUT2D eigenvalue weighted by atomic mass is 10.1. The quantitative estimate of drug-likeness (QED) is 0.402. The highest BCUT2D eigenvalue weighted by atomic mass is 32.2. The van der Waals surface area contributed by atoms with E-state index in [-0.39, 0.29) is 23.0 Å². The van der Waals surface area contributed by atoms with Gasteiger partial charge in [0, 0.05) is 27.2 Å². The third-order valence-corrected chi connectivity index (χ3v) is 6.20. The summed E-state index contributed by atoms with van der Waals surface area (Å²) in [7, 11) is 3.22. The van der Waals surface area contributed by atoms with Crippen molar-refractivity contribution >= 4 is 28.7 Å². The number of rotatable bonds is 7. The van der Waals surface area contributed by atoms with Crippen molar-refractivity contribution in [3.8, 4) is 0 Å². The summed E-state index contributed by atoms with van der Waals surface area (Å²) in [5, 5.41) is 0.695. The summed E-state index contributed by atoms with van der Waals surface area (Å²) in [5.41, 5.74) is 1.68. The van der Waals surface area contributed by atoms with E-state index in [0.717, 1.165) is 15.7 Å². The molecule has 0 N–H and O–H groups in total. The predicted molar refractivity (Wildman–Crippen MR) is 127 cm³/mol. The molecule has 0 aliphatic rings. The number of aryl methyl sites for hydroxylation is 2. The first-order chi connectivity index (χ1) is 15.1. The van der Waals surface area contributed by atoms with Crippen LogP contribution in [0.1, 0.15) is 30.8 Å². The summed E-state index contributed by atoms with van der Waals surface area (Å²) in [6.07, 6.45) is 0. The number of carbonyl (C=O) groups is 1. The van der Waals surface area contributed by atoms with Gasteiger partial charge in [0.15, 0.2) is 5.65 Å². The Morgan fingerprint density at radius 2 is 1.84 bits per heavy atom. The van der Waals surface area contributed by atoms with Gasteiger partial charge in [-0.1, -0.05) is 49.9 Å². The van der Waals surface area contributed by atoms with E-state index in [1.165, 1.54) is 23.4 Å². The molecule has 8 nitrogen and oxygen atoms in total. The minimum atomic E-state index is -0.451. The van der Waals surface area contributed by atoms with Gasteiger partial charge in [-0.3, -0.25) is 18.7 Å². The molecule has 2 aromatic heterocycles. The summed E-state index contributed by atoms with van der Waals surface area (Å²) in [5.74, 6) is 0.692. The Balaban J connectivity index is 1.93. The Bertz CT molecular complexity index is 1280. The molecule has 0 aliphatic carbocycles. The standard InChI is InChI=1S/C23H29N5O3S/c1-14(2)11-28-20-19(22(30)27(6)23(28)31)21(25-16(4)24-20)32-13-18(29)26(5)12-17-10-8-7-9-15(17)3/h7-10,14H,11-13H2,1-6H3. The molecule has 1 amide bonds. The Hall–Kier alpha value is -2.94. The first-order valence-corrected chi connectivity index (χ1v) is 11.5. The highest BCUT2D eigenvalue weighted by Gasteiger charge is 2.20. The van der Waals surface area contributed by atoms with Crippen LogP contribution in [0.4, 0.5) is 0 Å². The minimum Gasteiger partial charge on any atom is -0.341 e. The van der Waals surface area contributed by atoms with Gasteiger partial charge < -0.3 is 4.90 Å². The van der Waals surface area contributed by atoms with E-state index in [2.05, 4.69) is 9.97 Å². The molecule has 0 radical (unpaired) electrons. The van der Waals surface area contributed by atoms with Gasteiger partial charge in [-0.05, 0) is 30.9 Å². The third-order valence-electron chi connectivity index (χ3n) is 5.24. The smallest absolute Gasteiger partial charge is 0.332 e. The van der Waals surface area contributed by atoms with E-state index < -0.39 is 11.2 Å². The molecule has 0 atom stereocenters. The van der Waals surface area contributed by atoms with Crippen LogP contribution in [-0.2, 0) is 24.9 Å². The maximum atomic E-state index is 12.9. The molecule has 2 heterocycles. The zero-order chi connectivity index (χ0) is 23.6. The molecule has 170 valence electrons. The van der Waals surface area contributed by atoms with Crippen molar-refractivity contribution in [3.05, 3.63) is 62.1 Å². The van der Waals surface area contributed by atoms with Gasteiger partial charge in [-0.15, -0.1) is 0 Å². The number of aromatic nitrogens is 4. The Labute approximate surface area is 191 Å². The summed E-state index contributed by atoms with van der Waals surface area (Å²) in [6, 6.07) is 7.95. The largest absolute Gasteiger partial charge is 0.341 e. The molecule has 1 aromatic carbocycles. The second-order valence-electron chi connectivity index (χ2n) is 8.39. The van der Waals surface area contributed by atoms with E-state index in [1.54, 1.807) is 18.9 Å². The first-order valence-electron chi connectivity index (χ1n) is 10.5. The average Bonchev–Trinajstić information content (AvgIpc) is 2.74. The number of hydrogen-bond acceptors (Lipinski definition) is 6. The van der Waals surface area contributed by atoms with E-state index in [9.17, 15) is 14.4 Å². The lowest BCUT2D eigenvalue weighted by molar-refractivity contribution is -0.127. The van der Waals surface area contributed by atoms with Gasteiger partial charge in [0.2, 0.25) is 5.91 Å². The van der Waals surface area contributed by atoms with Crippen LogP contribution in [0.15, 0.2) is 38.9 Å². The summed E-state index contributed by atoms with van der Waals surface area (Å²) in [4.78, 5) is 49.0. The molecule has 0 aliphatic heterocycles. The van der Waals surface area contributed by atoms with Crippen LogP contribution >= 0.6 is 11.8 Å². The predicted octanol–water partition coefficient (Wildman–Crippen LogP) is 2.51. The van der Waals surface area contributed by atoms with Crippen LogP contribution in [0.5, 0.6) is 0 Å². The van der Waals surface area contributed by atoms with E-state index in [0.29, 0.717) is 29.6 Å². The fraction of sp³-hybridized carbons (Fsp3) is 0.435. The number of hydrogen-bond donors (Lipinski definition) is 0. The number of carbonyl (C=O) groups excluding carboxylic acids is 1. The highest BCUT2D eigenvalue weighted by Crippen LogP contribution is 2.23. The minimum absolute atomic E-state index is 0.0741. The molecule has 0 bridgehead atoms. The van der Waals surface area contributed by atoms with Gasteiger partial charge in [-0.2, -0.15) is 0 Å². The third kappa shape index (κ3) is 4.93. The van der Waals surface area contributed by atoms with Crippen molar-refractivity contribution in [2.75, 3.05) is 12.8 Å². The molecule has 0 saturated carbocycles. The van der Waals surface area contributed by atoms with Gasteiger partial charge in [0.1, 0.15) is 16.2 Å². The second kappa shape index (κ2) is 9.68. The van der Waals surface area contributed by atoms with Crippen LogP contribution in [0, 0.1) is 19.8 Å². The fourth-order valence-corrected chi connectivity index (χ4v) is 4.45. The lowest BCUT2D eigenvalue weighted by Crippen LogP contribution is -2.39. The molecule has 0 spiro atoms. The van der Waals surface area contributed by atoms with Crippen molar-refractivity contribution in [2.24, 2.45) is 13.0 Å². The van der Waals surface area contributed by atoms with E-state index in [1.807, 2.05) is 45.0 Å². The van der Waals surface area contributed by atoms with Gasteiger partial charge in [0.25, 0.3) is 5.56 Å². The topological polar surface area (TPSA) is 90.1 Å². The van der Waals surface area contributed by atoms with Crippen LogP contribution in [0.2, 0.25) is 0 Å². The number of thioether (sulfide) groups is 1. The zero-order valence-corrected chi connectivity index (χ0v) is 20.2. The lowest BCUT2D eigenvalue weighted by Gasteiger charge is -2.19. The molecule has 0 saturated heterocycles. The summed E-state index contributed by atoms with van der Waals surface area (Å²) in [6.45, 7) is 8.67. The molecule has 0 fully saturated rings. The van der Waals surface area contributed by atoms with Crippen molar-refractivity contribution in [1.82, 2.24) is 24.0 Å². The van der Waals surface area contributed by atoms with Gasteiger partial charge in [-0.25, -0.2) is 14.8 Å².